The summed E-state index contributed by atoms with van der Waals surface area (Å²) in [6.07, 6.45) is 4.09. The first-order valence-electron chi connectivity index (χ1n) is 18.2. The van der Waals surface area contributed by atoms with Crippen LogP contribution in [0.5, 0.6) is 0 Å². The molecule has 7 nitrogen and oxygen atoms in total. The molecule has 55 heavy (non-hydrogen) atoms. The molecule has 0 saturated carbocycles. The third kappa shape index (κ3) is 6.39. The molecule has 0 aliphatic carbocycles. The second-order valence-corrected chi connectivity index (χ2v) is 14.0. The third-order valence-corrected chi connectivity index (χ3v) is 10.3. The van der Waals surface area contributed by atoms with E-state index in [1.165, 1.54) is 0 Å². The molecule has 2 atom stereocenters. The SMILES string of the molecule is CC(C)C1c2nc(c(-c3ccccc3)c3ccc([n-]3)c(-c3ccccc3)c3nc(c(-c4ccccc4)c4ccc([n-]4)c2-c2ccccc2)C=C3)C1[N+](=O)[O-].[Ni+2]. The Morgan fingerprint density at radius 2 is 0.855 bits per heavy atom. The number of aromatic nitrogens is 4. The Hall–Kier alpha value is -6.37. The molecule has 0 spiro atoms. The first-order chi connectivity index (χ1) is 26.5. The van der Waals surface area contributed by atoms with Gasteiger partial charge in [0.2, 0.25) is 0 Å². The molecule has 3 aromatic heterocycles. The summed E-state index contributed by atoms with van der Waals surface area (Å²) >= 11 is 0. The van der Waals surface area contributed by atoms with E-state index < -0.39 is 12.0 Å². The molecular formula is C47H35N5NiO2. The molecule has 0 fully saturated rings. The van der Waals surface area contributed by atoms with E-state index in [-0.39, 0.29) is 27.3 Å². The molecule has 270 valence electrons. The molecule has 2 aliphatic heterocycles. The molecule has 8 heteroatoms. The largest absolute Gasteiger partial charge is 2.00 e. The predicted molar refractivity (Wildman–Crippen MR) is 217 cm³/mol. The van der Waals surface area contributed by atoms with Gasteiger partial charge < -0.3 is 9.97 Å². The van der Waals surface area contributed by atoms with E-state index in [2.05, 4.69) is 30.3 Å². The smallest absolute Gasteiger partial charge is 0.657 e. The average molecular weight is 761 g/mol. The maximum Gasteiger partial charge on any atom is 2.00 e. The van der Waals surface area contributed by atoms with Crippen LogP contribution in [0.2, 0.25) is 0 Å². The van der Waals surface area contributed by atoms with Crippen molar-refractivity contribution < 1.29 is 21.4 Å². The van der Waals surface area contributed by atoms with E-state index in [9.17, 15) is 10.1 Å². The quantitative estimate of drug-likeness (QED) is 0.0951. The predicted octanol–water partition coefficient (Wildman–Crippen LogP) is 11.2. The van der Waals surface area contributed by atoms with Crippen molar-refractivity contribution in [3.05, 3.63) is 178 Å². The Labute approximate surface area is 329 Å². The Morgan fingerprint density at radius 1 is 0.509 bits per heavy atom. The molecule has 8 bridgehead atoms. The molecule has 2 unspecified atom stereocenters. The summed E-state index contributed by atoms with van der Waals surface area (Å²) in [6, 6.07) is 46.9. The summed E-state index contributed by atoms with van der Waals surface area (Å²) in [5.41, 5.74) is 12.2. The first kappa shape index (κ1) is 35.7. The normalized spacial score (nSPS) is 14.8. The number of hydrogen-bond donors (Lipinski definition) is 0. The first-order valence-corrected chi connectivity index (χ1v) is 18.2. The second-order valence-electron chi connectivity index (χ2n) is 14.0. The summed E-state index contributed by atoms with van der Waals surface area (Å²) in [4.78, 5) is 34.6. The van der Waals surface area contributed by atoms with Gasteiger partial charge in [0.25, 0.3) is 6.04 Å². The van der Waals surface area contributed by atoms with E-state index in [0.29, 0.717) is 33.5 Å². The standard InChI is InChI=1S/C47H35N5O2.Ni/c1-29(2)40-45-43(32-19-11-5-12-20-32)38-27-25-36(49-38)41(30-15-7-3-8-16-30)34-23-24-35(48-34)42(31-17-9-4-10-18-31)37-26-28-39(50-37)44(33-21-13-6-14-22-33)46(51-45)47(40)52(53)54;/h3-29,40,47H,1-2H3;/q-2;+2. The van der Waals surface area contributed by atoms with Gasteiger partial charge in [-0.2, -0.15) is 0 Å². The number of benzene rings is 4. The fraction of sp³-hybridized carbons (Fsp3) is 0.106. The van der Waals surface area contributed by atoms with Gasteiger partial charge in [-0.15, -0.1) is 22.1 Å². The van der Waals surface area contributed by atoms with Gasteiger partial charge in [-0.3, -0.25) is 10.1 Å². The summed E-state index contributed by atoms with van der Waals surface area (Å²) in [5, 5.41) is 13.4. The van der Waals surface area contributed by atoms with Crippen molar-refractivity contribution in [2.24, 2.45) is 5.92 Å². The minimum absolute atomic E-state index is 0. The number of hydrogen-bond acceptors (Lipinski definition) is 4. The van der Waals surface area contributed by atoms with Crippen LogP contribution in [0.25, 0.3) is 78.7 Å². The van der Waals surface area contributed by atoms with Gasteiger partial charge in [-0.25, -0.2) is 9.97 Å². The Balaban J connectivity index is 0.00000427. The minimum atomic E-state index is -1.12. The molecule has 2 aliphatic rings. The monoisotopic (exact) mass is 759 g/mol. The van der Waals surface area contributed by atoms with Crippen LogP contribution >= 0.6 is 0 Å². The third-order valence-electron chi connectivity index (χ3n) is 10.3. The van der Waals surface area contributed by atoms with Crippen LogP contribution in [0.15, 0.2) is 146 Å². The van der Waals surface area contributed by atoms with Gasteiger partial charge >= 0.3 is 16.5 Å². The van der Waals surface area contributed by atoms with Crippen LogP contribution in [0.4, 0.5) is 0 Å². The average Bonchev–Trinajstić information content (AvgIpc) is 4.03. The molecule has 9 rings (SSSR count). The van der Waals surface area contributed by atoms with Crippen molar-refractivity contribution in [2.75, 3.05) is 0 Å². The Kier molecular flexibility index (Phi) is 9.60. The van der Waals surface area contributed by atoms with Gasteiger partial charge in [0, 0.05) is 4.92 Å². The maximum absolute atomic E-state index is 13.4. The fourth-order valence-corrected chi connectivity index (χ4v) is 7.98. The van der Waals surface area contributed by atoms with E-state index in [4.69, 9.17) is 19.9 Å². The Bertz CT molecular complexity index is 2720. The van der Waals surface area contributed by atoms with Gasteiger partial charge in [-0.05, 0) is 62.6 Å². The van der Waals surface area contributed by atoms with Crippen molar-refractivity contribution in [2.45, 2.75) is 25.8 Å². The Morgan fingerprint density at radius 3 is 1.22 bits per heavy atom. The second kappa shape index (κ2) is 14.8. The van der Waals surface area contributed by atoms with Crippen molar-refractivity contribution in [3.63, 3.8) is 0 Å². The summed E-state index contributed by atoms with van der Waals surface area (Å²) in [6.45, 7) is 4.08. The van der Waals surface area contributed by atoms with E-state index in [0.717, 1.165) is 55.8 Å². The zero-order chi connectivity index (χ0) is 36.8. The fourth-order valence-electron chi connectivity index (χ4n) is 7.98. The number of nitro groups is 1. The van der Waals surface area contributed by atoms with E-state index in [1.807, 2.05) is 141 Å². The molecule has 4 aromatic carbocycles. The molecule has 0 N–H and O–H groups in total. The van der Waals surface area contributed by atoms with Crippen molar-refractivity contribution >= 4 is 34.2 Å². The summed E-state index contributed by atoms with van der Waals surface area (Å²) < 4.78 is 0. The summed E-state index contributed by atoms with van der Waals surface area (Å²) in [5.74, 6) is -0.666. The van der Waals surface area contributed by atoms with Gasteiger partial charge in [0.05, 0.1) is 23.0 Å². The summed E-state index contributed by atoms with van der Waals surface area (Å²) in [7, 11) is 0. The van der Waals surface area contributed by atoms with Crippen LogP contribution in [0, 0.1) is 16.0 Å². The van der Waals surface area contributed by atoms with Crippen LogP contribution in [0.3, 0.4) is 0 Å². The van der Waals surface area contributed by atoms with Crippen LogP contribution in [-0.2, 0) is 16.5 Å². The van der Waals surface area contributed by atoms with Gasteiger partial charge in [-0.1, -0.05) is 159 Å². The van der Waals surface area contributed by atoms with E-state index in [1.54, 1.807) is 0 Å². The van der Waals surface area contributed by atoms with Crippen LogP contribution in [-0.4, -0.2) is 14.9 Å². The maximum atomic E-state index is 13.4. The molecule has 0 radical (unpaired) electrons. The number of fused-ring (bicyclic) bond motifs is 8. The zero-order valence-electron chi connectivity index (χ0n) is 30.1. The molecule has 0 saturated heterocycles. The number of rotatable bonds is 6. The molecule has 5 heterocycles. The van der Waals surface area contributed by atoms with Crippen LogP contribution in [0.1, 0.15) is 48.6 Å². The topological polar surface area (TPSA) is 97.1 Å². The van der Waals surface area contributed by atoms with Crippen molar-refractivity contribution in [1.82, 2.24) is 19.9 Å². The van der Waals surface area contributed by atoms with Crippen molar-refractivity contribution in [3.8, 4) is 44.5 Å². The zero-order valence-corrected chi connectivity index (χ0v) is 31.1. The van der Waals surface area contributed by atoms with Crippen molar-refractivity contribution in [1.29, 1.82) is 0 Å². The van der Waals surface area contributed by atoms with Gasteiger partial charge in [0.1, 0.15) is 5.69 Å². The number of nitrogens with zero attached hydrogens (tertiary/aromatic N) is 5. The molecular weight excluding hydrogens is 725 g/mol. The molecule has 7 aromatic rings. The van der Waals surface area contributed by atoms with Gasteiger partial charge in [0.15, 0.2) is 0 Å². The minimum Gasteiger partial charge on any atom is -0.657 e. The van der Waals surface area contributed by atoms with E-state index >= 15 is 0 Å². The van der Waals surface area contributed by atoms with Crippen LogP contribution < -0.4 is 9.97 Å². The molecule has 0 amide bonds.